The largest absolute Gasteiger partial charge is 0.315 e. The minimum absolute atomic E-state index is 0.0177. The fourth-order valence-electron chi connectivity index (χ4n) is 2.41. The molecule has 0 saturated heterocycles. The van der Waals surface area contributed by atoms with E-state index in [-0.39, 0.29) is 16.6 Å². The van der Waals surface area contributed by atoms with Crippen molar-refractivity contribution in [3.05, 3.63) is 68.8 Å². The number of fused-ring (bicyclic) bond motifs is 1. The molecule has 0 spiro atoms. The molecule has 0 saturated carbocycles. The summed E-state index contributed by atoms with van der Waals surface area (Å²) in [5.41, 5.74) is 2.62. The van der Waals surface area contributed by atoms with E-state index in [4.69, 9.17) is 0 Å². The monoisotopic (exact) mass is 325 g/mol. The van der Waals surface area contributed by atoms with Crippen LogP contribution in [0.1, 0.15) is 39.6 Å². The highest BCUT2D eigenvalue weighted by Crippen LogP contribution is 2.21. The van der Waals surface area contributed by atoms with Gasteiger partial charge in [-0.15, -0.1) is 0 Å². The first kappa shape index (κ1) is 15.4. The van der Waals surface area contributed by atoms with Gasteiger partial charge in [-0.2, -0.15) is 0 Å². The van der Waals surface area contributed by atoms with E-state index < -0.39 is 0 Å². The molecule has 1 heterocycles. The summed E-state index contributed by atoms with van der Waals surface area (Å²) < 4.78 is 1.82. The van der Waals surface area contributed by atoms with Gasteiger partial charge in [-0.3, -0.25) is 14.4 Å². The summed E-state index contributed by atoms with van der Waals surface area (Å²) in [7, 11) is 0. The number of nitrogens with zero attached hydrogens (tertiary/aromatic N) is 1. The number of carbonyl (C=O) groups excluding carboxylic acids is 2. The Labute approximate surface area is 137 Å². The van der Waals surface area contributed by atoms with E-state index in [1.54, 1.807) is 37.3 Å². The number of ketones is 1. The standard InChI is InChI=1S/C18H15NO3S/c1-3-15(20)13-8-9-14-16(10-13)23-18(22)19(14)17(21)12-6-4-11(2)5-7-12/h4-10H,3H2,1-2H3. The summed E-state index contributed by atoms with van der Waals surface area (Å²) >= 11 is 0.981. The van der Waals surface area contributed by atoms with Crippen molar-refractivity contribution in [2.24, 2.45) is 0 Å². The summed E-state index contributed by atoms with van der Waals surface area (Å²) in [5, 5.41) is 0. The van der Waals surface area contributed by atoms with E-state index in [9.17, 15) is 14.4 Å². The molecule has 0 radical (unpaired) electrons. The molecule has 0 fully saturated rings. The molecule has 2 aromatic carbocycles. The van der Waals surface area contributed by atoms with Crippen LogP contribution in [0.15, 0.2) is 47.3 Å². The molecule has 0 aliphatic carbocycles. The summed E-state index contributed by atoms with van der Waals surface area (Å²) in [6.45, 7) is 3.73. The zero-order chi connectivity index (χ0) is 16.6. The molecule has 23 heavy (non-hydrogen) atoms. The summed E-state index contributed by atoms with van der Waals surface area (Å²) in [5.74, 6) is -0.333. The van der Waals surface area contributed by atoms with Crippen LogP contribution in [0, 0.1) is 6.92 Å². The predicted octanol–water partition coefficient (Wildman–Crippen LogP) is 3.65. The molecule has 3 aromatic rings. The average Bonchev–Trinajstić information content (AvgIpc) is 2.89. The number of hydrogen-bond acceptors (Lipinski definition) is 4. The van der Waals surface area contributed by atoms with Crippen molar-refractivity contribution in [1.82, 2.24) is 4.57 Å². The van der Waals surface area contributed by atoms with Crippen LogP contribution in [0.4, 0.5) is 0 Å². The third kappa shape index (κ3) is 2.75. The van der Waals surface area contributed by atoms with Gasteiger partial charge in [-0.1, -0.05) is 36.0 Å². The Morgan fingerprint density at radius 3 is 2.35 bits per heavy atom. The molecule has 3 rings (SSSR count). The predicted molar refractivity (Wildman–Crippen MR) is 91.6 cm³/mol. The Hall–Kier alpha value is -2.53. The molecular weight excluding hydrogens is 310 g/mol. The van der Waals surface area contributed by atoms with Crippen molar-refractivity contribution < 1.29 is 9.59 Å². The first-order valence-corrected chi connectivity index (χ1v) is 8.13. The second kappa shape index (κ2) is 5.93. The number of Topliss-reactive ketones (excluding diaryl/α,β-unsaturated/α-hetero) is 1. The van der Waals surface area contributed by atoms with Crippen molar-refractivity contribution >= 4 is 33.2 Å². The van der Waals surface area contributed by atoms with Crippen LogP contribution in [0.25, 0.3) is 10.2 Å². The zero-order valence-electron chi connectivity index (χ0n) is 12.8. The number of aromatic nitrogens is 1. The highest BCUT2D eigenvalue weighted by atomic mass is 32.1. The zero-order valence-corrected chi connectivity index (χ0v) is 13.6. The topological polar surface area (TPSA) is 56.1 Å². The van der Waals surface area contributed by atoms with Gasteiger partial charge in [0.05, 0.1) is 10.2 Å². The van der Waals surface area contributed by atoms with E-state index >= 15 is 0 Å². The van der Waals surface area contributed by atoms with Gasteiger partial charge in [0.25, 0.3) is 5.91 Å². The number of aryl methyl sites for hydroxylation is 1. The van der Waals surface area contributed by atoms with E-state index in [2.05, 4.69) is 0 Å². The van der Waals surface area contributed by atoms with Gasteiger partial charge in [0.15, 0.2) is 5.78 Å². The first-order valence-electron chi connectivity index (χ1n) is 7.31. The van der Waals surface area contributed by atoms with Crippen LogP contribution in [-0.4, -0.2) is 16.3 Å². The number of carbonyl (C=O) groups is 2. The lowest BCUT2D eigenvalue weighted by molar-refractivity contribution is 0.0961. The molecule has 4 nitrogen and oxygen atoms in total. The Morgan fingerprint density at radius 2 is 1.70 bits per heavy atom. The lowest BCUT2D eigenvalue weighted by Crippen LogP contribution is -2.22. The molecule has 0 aliphatic heterocycles. The molecule has 0 amide bonds. The van der Waals surface area contributed by atoms with E-state index in [1.165, 1.54) is 4.57 Å². The highest BCUT2D eigenvalue weighted by Gasteiger charge is 2.17. The van der Waals surface area contributed by atoms with E-state index in [0.717, 1.165) is 16.9 Å². The molecule has 116 valence electrons. The van der Waals surface area contributed by atoms with Crippen molar-refractivity contribution in [1.29, 1.82) is 0 Å². The fraction of sp³-hybridized carbons (Fsp3) is 0.167. The summed E-state index contributed by atoms with van der Waals surface area (Å²) in [6.07, 6.45) is 0.406. The van der Waals surface area contributed by atoms with Crippen molar-refractivity contribution in [2.45, 2.75) is 20.3 Å². The third-order valence-electron chi connectivity index (χ3n) is 3.73. The van der Waals surface area contributed by atoms with Crippen LogP contribution in [0.2, 0.25) is 0 Å². The Morgan fingerprint density at radius 1 is 1.04 bits per heavy atom. The molecule has 0 aliphatic rings. The van der Waals surface area contributed by atoms with Gasteiger partial charge >= 0.3 is 4.87 Å². The van der Waals surface area contributed by atoms with Gasteiger partial charge in [-0.25, -0.2) is 4.57 Å². The van der Waals surface area contributed by atoms with Crippen LogP contribution >= 0.6 is 11.3 Å². The molecule has 0 atom stereocenters. The van der Waals surface area contributed by atoms with Gasteiger partial charge in [0.1, 0.15) is 0 Å². The molecule has 5 heteroatoms. The van der Waals surface area contributed by atoms with Crippen LogP contribution in [0.5, 0.6) is 0 Å². The molecular formula is C18H15NO3S. The quantitative estimate of drug-likeness (QED) is 0.691. The number of thiazole rings is 1. The lowest BCUT2D eigenvalue weighted by Gasteiger charge is -2.04. The average molecular weight is 325 g/mol. The third-order valence-corrected chi connectivity index (χ3v) is 4.63. The maximum absolute atomic E-state index is 12.6. The van der Waals surface area contributed by atoms with Crippen molar-refractivity contribution in [3.63, 3.8) is 0 Å². The van der Waals surface area contributed by atoms with Crippen LogP contribution < -0.4 is 4.87 Å². The van der Waals surface area contributed by atoms with Crippen LogP contribution in [0.3, 0.4) is 0 Å². The van der Waals surface area contributed by atoms with E-state index in [0.29, 0.717) is 27.8 Å². The lowest BCUT2D eigenvalue weighted by atomic mass is 10.1. The normalized spacial score (nSPS) is 10.9. The second-order valence-electron chi connectivity index (χ2n) is 5.33. The second-order valence-corrected chi connectivity index (χ2v) is 6.33. The number of hydrogen-bond donors (Lipinski definition) is 0. The van der Waals surface area contributed by atoms with Gasteiger partial charge in [-0.05, 0) is 37.3 Å². The summed E-state index contributed by atoms with van der Waals surface area (Å²) in [4.78, 5) is 36.3. The Kier molecular flexibility index (Phi) is 3.96. The highest BCUT2D eigenvalue weighted by molar-refractivity contribution is 7.16. The Balaban J connectivity index is 2.12. The smallest absolute Gasteiger partial charge is 0.294 e. The van der Waals surface area contributed by atoms with Crippen molar-refractivity contribution in [3.8, 4) is 0 Å². The molecule has 0 unspecified atom stereocenters. The molecule has 1 aromatic heterocycles. The molecule has 0 N–H and O–H groups in total. The minimum atomic E-state index is -0.351. The summed E-state index contributed by atoms with van der Waals surface area (Å²) in [6, 6.07) is 12.1. The fourth-order valence-corrected chi connectivity index (χ4v) is 3.32. The maximum atomic E-state index is 12.6. The molecule has 0 bridgehead atoms. The minimum Gasteiger partial charge on any atom is -0.294 e. The Bertz CT molecular complexity index is 964. The van der Waals surface area contributed by atoms with Crippen LogP contribution in [-0.2, 0) is 0 Å². The SMILES string of the molecule is CCC(=O)c1ccc2c(c1)sc(=O)n2C(=O)c1ccc(C)cc1. The van der Waals surface area contributed by atoms with Crippen molar-refractivity contribution in [2.75, 3.05) is 0 Å². The van der Waals surface area contributed by atoms with E-state index in [1.807, 2.05) is 19.1 Å². The number of rotatable bonds is 3. The number of benzene rings is 2. The first-order chi connectivity index (χ1) is 11.0. The van der Waals surface area contributed by atoms with Gasteiger partial charge < -0.3 is 0 Å². The van der Waals surface area contributed by atoms with Gasteiger partial charge in [0.2, 0.25) is 0 Å². The van der Waals surface area contributed by atoms with Gasteiger partial charge in [0, 0.05) is 17.5 Å². The maximum Gasteiger partial charge on any atom is 0.315 e.